The molecule has 1 aromatic rings. The highest BCUT2D eigenvalue weighted by Gasteiger charge is 2.14. The van der Waals surface area contributed by atoms with Crippen molar-refractivity contribution in [3.63, 3.8) is 0 Å². The molecule has 17 heavy (non-hydrogen) atoms. The number of hydrogen-bond acceptors (Lipinski definition) is 3. The quantitative estimate of drug-likeness (QED) is 0.860. The molecule has 1 rings (SSSR count). The molecule has 0 aliphatic heterocycles. The lowest BCUT2D eigenvalue weighted by atomic mass is 10.3. The number of halogens is 2. The summed E-state index contributed by atoms with van der Waals surface area (Å²) in [5.41, 5.74) is 0.0125. The number of benzene rings is 1. The molecule has 0 saturated heterocycles. The summed E-state index contributed by atoms with van der Waals surface area (Å²) in [5.74, 6) is -2.39. The second-order valence-corrected chi connectivity index (χ2v) is 5.44. The average molecular weight is 282 g/mol. The van der Waals surface area contributed by atoms with Gasteiger partial charge in [-0.05, 0) is 18.2 Å². The lowest BCUT2D eigenvalue weighted by molar-refractivity contribution is -0.136. The van der Waals surface area contributed by atoms with Crippen molar-refractivity contribution in [2.45, 2.75) is 6.42 Å². The van der Waals surface area contributed by atoms with E-state index in [1.54, 1.807) is 0 Å². The van der Waals surface area contributed by atoms with Crippen LogP contribution in [0.5, 0.6) is 0 Å². The zero-order chi connectivity index (χ0) is 13.1. The van der Waals surface area contributed by atoms with Crippen LogP contribution in [0.1, 0.15) is 6.42 Å². The first-order valence-electron chi connectivity index (χ1n) is 4.47. The highest BCUT2D eigenvalue weighted by Crippen LogP contribution is 2.23. The summed E-state index contributed by atoms with van der Waals surface area (Å²) in [5, 5.41) is 8.27. The number of carbonyl (C=O) groups is 1. The molecule has 0 aliphatic carbocycles. The van der Waals surface area contributed by atoms with Gasteiger partial charge in [0, 0.05) is 0 Å². The van der Waals surface area contributed by atoms with Gasteiger partial charge in [-0.2, -0.15) is 0 Å². The smallest absolute Gasteiger partial charge is 0.304 e. The summed E-state index contributed by atoms with van der Waals surface area (Å²) in [6, 6.07) is 3.16. The van der Waals surface area contributed by atoms with Crippen LogP contribution < -0.4 is 4.72 Å². The molecule has 0 spiro atoms. The molecule has 0 fully saturated rings. The Hall–Kier alpha value is -1.34. The van der Waals surface area contributed by atoms with Crippen LogP contribution in [0.2, 0.25) is 5.02 Å². The Balaban J connectivity index is 2.79. The number of carboxylic acids is 1. The molecule has 1 aromatic carbocycles. The van der Waals surface area contributed by atoms with Gasteiger partial charge in [0.05, 0.1) is 22.9 Å². The predicted octanol–water partition coefficient (Wildman–Crippen LogP) is 1.70. The van der Waals surface area contributed by atoms with E-state index in [2.05, 4.69) is 4.72 Å². The normalized spacial score (nSPS) is 11.2. The van der Waals surface area contributed by atoms with Crippen LogP contribution in [0, 0.1) is 5.82 Å². The first-order valence-corrected chi connectivity index (χ1v) is 6.50. The van der Waals surface area contributed by atoms with Crippen molar-refractivity contribution in [1.29, 1.82) is 0 Å². The van der Waals surface area contributed by atoms with Crippen LogP contribution in [-0.2, 0) is 14.8 Å². The number of anilines is 1. The lowest BCUT2D eigenvalue weighted by Crippen LogP contribution is -2.19. The van der Waals surface area contributed by atoms with E-state index in [1.165, 1.54) is 0 Å². The Morgan fingerprint density at radius 1 is 1.47 bits per heavy atom. The van der Waals surface area contributed by atoms with Gasteiger partial charge in [0.1, 0.15) is 5.82 Å². The van der Waals surface area contributed by atoms with Gasteiger partial charge in [-0.15, -0.1) is 0 Å². The topological polar surface area (TPSA) is 83.5 Å². The summed E-state index contributed by atoms with van der Waals surface area (Å²) in [4.78, 5) is 10.2. The molecule has 2 N–H and O–H groups in total. The summed E-state index contributed by atoms with van der Waals surface area (Å²) in [6.07, 6.45) is -0.520. The van der Waals surface area contributed by atoms with E-state index >= 15 is 0 Å². The van der Waals surface area contributed by atoms with Gasteiger partial charge in [0.25, 0.3) is 0 Å². The second-order valence-electron chi connectivity index (χ2n) is 3.19. The zero-order valence-electron chi connectivity index (χ0n) is 8.48. The number of rotatable bonds is 5. The molecule has 0 amide bonds. The first kappa shape index (κ1) is 13.7. The van der Waals surface area contributed by atoms with E-state index < -0.39 is 34.0 Å². The molecule has 0 aliphatic rings. The average Bonchev–Trinajstić information content (AvgIpc) is 2.20. The SMILES string of the molecule is O=C(O)CCS(=O)(=O)Nc1ccc(F)cc1Cl. The van der Waals surface area contributed by atoms with Crippen LogP contribution in [-0.4, -0.2) is 25.2 Å². The lowest BCUT2D eigenvalue weighted by Gasteiger charge is -2.08. The largest absolute Gasteiger partial charge is 0.481 e. The van der Waals surface area contributed by atoms with Gasteiger partial charge >= 0.3 is 5.97 Å². The van der Waals surface area contributed by atoms with Crippen LogP contribution in [0.3, 0.4) is 0 Å². The monoisotopic (exact) mass is 281 g/mol. The predicted molar refractivity (Wildman–Crippen MR) is 61.1 cm³/mol. The van der Waals surface area contributed by atoms with Gasteiger partial charge in [-0.25, -0.2) is 12.8 Å². The van der Waals surface area contributed by atoms with Gasteiger partial charge in [0.15, 0.2) is 0 Å². The fourth-order valence-corrected chi connectivity index (χ4v) is 2.34. The number of nitrogens with one attached hydrogen (secondary N) is 1. The minimum absolute atomic E-state index is 0.0125. The standard InChI is InChI=1S/C9H9ClFNO4S/c10-7-5-6(11)1-2-8(7)12-17(15,16)4-3-9(13)14/h1-2,5,12H,3-4H2,(H,13,14). The third kappa shape index (κ3) is 4.58. The Kier molecular flexibility index (Phi) is 4.30. The second kappa shape index (κ2) is 5.33. The van der Waals surface area contributed by atoms with Crippen molar-refractivity contribution < 1.29 is 22.7 Å². The van der Waals surface area contributed by atoms with Crippen molar-refractivity contribution in [3.05, 3.63) is 29.0 Å². The highest BCUT2D eigenvalue weighted by atomic mass is 35.5. The minimum Gasteiger partial charge on any atom is -0.481 e. The summed E-state index contributed by atoms with van der Waals surface area (Å²) >= 11 is 5.62. The molecule has 0 radical (unpaired) electrons. The Bertz CT molecular complexity index is 532. The fraction of sp³-hybridized carbons (Fsp3) is 0.222. The zero-order valence-corrected chi connectivity index (χ0v) is 10.1. The van der Waals surface area contributed by atoms with E-state index in [0.29, 0.717) is 0 Å². The summed E-state index contributed by atoms with van der Waals surface area (Å²) in [6.45, 7) is 0. The van der Waals surface area contributed by atoms with Crippen molar-refractivity contribution in [2.24, 2.45) is 0 Å². The highest BCUT2D eigenvalue weighted by molar-refractivity contribution is 7.92. The van der Waals surface area contributed by atoms with Gasteiger partial charge in [-0.1, -0.05) is 11.6 Å². The van der Waals surface area contributed by atoms with Crippen molar-refractivity contribution >= 4 is 33.3 Å². The van der Waals surface area contributed by atoms with Crippen LogP contribution in [0.4, 0.5) is 10.1 Å². The summed E-state index contributed by atoms with van der Waals surface area (Å²) < 4.78 is 37.6. The van der Waals surface area contributed by atoms with Gasteiger partial charge in [0.2, 0.25) is 10.0 Å². The van der Waals surface area contributed by atoms with E-state index in [-0.39, 0.29) is 10.7 Å². The van der Waals surface area contributed by atoms with E-state index in [4.69, 9.17) is 16.7 Å². The minimum atomic E-state index is -3.80. The molecule has 94 valence electrons. The maximum atomic E-state index is 12.7. The Morgan fingerprint density at radius 3 is 2.65 bits per heavy atom. The maximum Gasteiger partial charge on any atom is 0.304 e. The number of aliphatic carboxylic acids is 1. The van der Waals surface area contributed by atoms with E-state index in [1.807, 2.05) is 0 Å². The van der Waals surface area contributed by atoms with Gasteiger partial charge < -0.3 is 5.11 Å². The maximum absolute atomic E-state index is 12.7. The van der Waals surface area contributed by atoms with E-state index in [0.717, 1.165) is 18.2 Å². The van der Waals surface area contributed by atoms with Crippen molar-refractivity contribution in [3.8, 4) is 0 Å². The van der Waals surface area contributed by atoms with Gasteiger partial charge in [-0.3, -0.25) is 9.52 Å². The third-order valence-corrected chi connectivity index (χ3v) is 3.37. The molecule has 5 nitrogen and oxygen atoms in total. The number of hydrogen-bond donors (Lipinski definition) is 2. The fourth-order valence-electron chi connectivity index (χ4n) is 1.01. The molecule has 0 bridgehead atoms. The Labute approximate surface area is 102 Å². The van der Waals surface area contributed by atoms with Crippen molar-refractivity contribution in [1.82, 2.24) is 0 Å². The molecule has 0 unspecified atom stereocenters. The number of carboxylic acid groups (broad SMARTS) is 1. The van der Waals surface area contributed by atoms with Crippen LogP contribution in [0.15, 0.2) is 18.2 Å². The molecular formula is C9H9ClFNO4S. The van der Waals surface area contributed by atoms with E-state index in [9.17, 15) is 17.6 Å². The summed E-state index contributed by atoms with van der Waals surface area (Å²) in [7, 11) is -3.80. The van der Waals surface area contributed by atoms with Crippen LogP contribution in [0.25, 0.3) is 0 Å². The molecule has 8 heteroatoms. The van der Waals surface area contributed by atoms with Crippen molar-refractivity contribution in [2.75, 3.05) is 10.5 Å². The molecular weight excluding hydrogens is 273 g/mol. The number of sulfonamides is 1. The molecule has 0 saturated carbocycles. The van der Waals surface area contributed by atoms with Crippen LogP contribution >= 0.6 is 11.6 Å². The molecule has 0 aromatic heterocycles. The third-order valence-electron chi connectivity index (χ3n) is 1.78. The molecule has 0 heterocycles. The first-order chi connectivity index (χ1) is 7.80. The molecule has 0 atom stereocenters. The Morgan fingerprint density at radius 2 is 2.12 bits per heavy atom.